The van der Waals surface area contributed by atoms with Gasteiger partial charge in [0.25, 0.3) is 0 Å². The zero-order valence-electron chi connectivity index (χ0n) is 23.6. The predicted octanol–water partition coefficient (Wildman–Crippen LogP) is 8.60. The summed E-state index contributed by atoms with van der Waals surface area (Å²) >= 11 is -2.64. The van der Waals surface area contributed by atoms with E-state index in [0.29, 0.717) is 5.69 Å². The molecule has 212 valence electrons. The quantitative estimate of drug-likeness (QED) is 0.188. The summed E-state index contributed by atoms with van der Waals surface area (Å²) in [5.74, 6) is 0. The van der Waals surface area contributed by atoms with Crippen LogP contribution in [0, 0.1) is 41.5 Å². The topological polar surface area (TPSA) is 46.6 Å². The van der Waals surface area contributed by atoms with Crippen LogP contribution in [0.3, 0.4) is 0 Å². The van der Waals surface area contributed by atoms with Gasteiger partial charge in [0.05, 0.1) is 0 Å². The molecule has 0 aliphatic rings. The van der Waals surface area contributed by atoms with Gasteiger partial charge in [-0.1, -0.05) is 0 Å². The van der Waals surface area contributed by atoms with Crippen LogP contribution in [-0.2, 0) is 14.0 Å². The second-order valence-electron chi connectivity index (χ2n) is 10.4. The van der Waals surface area contributed by atoms with Crippen LogP contribution in [-0.4, -0.2) is 36.3 Å². The van der Waals surface area contributed by atoms with Gasteiger partial charge in [-0.2, -0.15) is 0 Å². The first-order valence-electron chi connectivity index (χ1n) is 12.3. The molecule has 3 rings (SSSR count). The molecule has 0 heterocycles. The minimum atomic E-state index is -5.86. The van der Waals surface area contributed by atoms with Crippen LogP contribution in [0.15, 0.2) is 42.5 Å². The van der Waals surface area contributed by atoms with Crippen molar-refractivity contribution in [2.75, 3.05) is 3.48 Å². The number of halogens is 4. The van der Waals surface area contributed by atoms with Crippen LogP contribution in [0.4, 0.5) is 18.9 Å². The molecule has 0 radical (unpaired) electrons. The maximum atomic E-state index is 13.5. The maximum absolute atomic E-state index is 13.5. The molecule has 4 nitrogen and oxygen atoms in total. The normalized spacial score (nSPS) is 13.5. The summed E-state index contributed by atoms with van der Waals surface area (Å²) in [6.07, 6.45) is 0. The van der Waals surface area contributed by atoms with Crippen molar-refractivity contribution in [1.82, 2.24) is 0 Å². The first kappa shape index (κ1) is 31.7. The summed E-state index contributed by atoms with van der Waals surface area (Å²) in [5, 5.41) is 0. The minimum absolute atomic E-state index is 0.606. The Labute approximate surface area is 240 Å². The number of anilines is 1. The number of para-hydroxylation sites is 1. The summed E-state index contributed by atoms with van der Waals surface area (Å²) < 4.78 is 71.7. The molecule has 11 heteroatoms. The summed E-state index contributed by atoms with van der Waals surface area (Å²) in [7, 11) is -2.81. The molecule has 0 bridgehead atoms. The Bertz CT molecular complexity index is 1400. The van der Waals surface area contributed by atoms with Crippen LogP contribution in [0.1, 0.15) is 33.4 Å². The van der Waals surface area contributed by atoms with Gasteiger partial charge in [0.2, 0.25) is 0 Å². The summed E-state index contributed by atoms with van der Waals surface area (Å²) in [6, 6.07) is 14.0. The molecule has 3 aromatic carbocycles. The molecule has 0 aromatic heterocycles. The average molecular weight is 660 g/mol. The number of aryl methyl sites for hydroxylation is 6. The Kier molecular flexibility index (Phi) is 9.15. The molecule has 1 unspecified atom stereocenters. The van der Waals surface area contributed by atoms with E-state index in [9.17, 15) is 21.6 Å². The van der Waals surface area contributed by atoms with Crippen molar-refractivity contribution < 1.29 is 25.5 Å². The van der Waals surface area contributed by atoms with E-state index in [0.717, 1.165) is 55.6 Å². The number of nitrogens with zero attached hydrogens (tertiary/aromatic N) is 1. The van der Waals surface area contributed by atoms with E-state index in [2.05, 4.69) is 24.3 Å². The molecule has 0 aliphatic heterocycles. The van der Waals surface area contributed by atoms with Gasteiger partial charge >= 0.3 is 241 Å². The van der Waals surface area contributed by atoms with Gasteiger partial charge in [-0.25, -0.2) is 0 Å². The second kappa shape index (κ2) is 11.2. The van der Waals surface area contributed by atoms with Crippen molar-refractivity contribution in [1.29, 1.82) is 0 Å². The van der Waals surface area contributed by atoms with Gasteiger partial charge in [-0.3, -0.25) is 0 Å². The third kappa shape index (κ3) is 6.43. The van der Waals surface area contributed by atoms with E-state index in [4.69, 9.17) is 13.8 Å². The van der Waals surface area contributed by atoms with E-state index in [1.807, 2.05) is 59.7 Å². The zero-order chi connectivity index (χ0) is 29.7. The fourth-order valence-corrected chi connectivity index (χ4v) is 18.8. The molecule has 39 heavy (non-hydrogen) atoms. The van der Waals surface area contributed by atoms with E-state index in [1.54, 1.807) is 9.19 Å². The van der Waals surface area contributed by atoms with Gasteiger partial charge in [0.1, 0.15) is 0 Å². The molecule has 1 atom stereocenters. The van der Waals surface area contributed by atoms with Crippen molar-refractivity contribution in [2.24, 2.45) is 0 Å². The standard InChI is InChI=1S/C28H34AsClF3NO3SSi/c1-17-13-19(3)25(20(4)14-17)23-11-10-12-24(26-21(5)15-18(2)16-22(26)6)27(23)34(29(7)30)39(8,9)37-38(35,36)28(31,32)33/h10-16H,1-9H3. The van der Waals surface area contributed by atoms with E-state index in [-0.39, 0.29) is 0 Å². The van der Waals surface area contributed by atoms with Crippen LogP contribution in [0.2, 0.25) is 18.8 Å². The van der Waals surface area contributed by atoms with Crippen molar-refractivity contribution in [3.63, 3.8) is 0 Å². The van der Waals surface area contributed by atoms with Gasteiger partial charge in [0.15, 0.2) is 0 Å². The molecule has 0 amide bonds. The van der Waals surface area contributed by atoms with Crippen LogP contribution in [0.25, 0.3) is 22.3 Å². The molecule has 0 spiro atoms. The van der Waals surface area contributed by atoms with E-state index in [1.165, 1.54) is 13.1 Å². The molecule has 0 N–H and O–H groups in total. The number of hydrogen-bond donors (Lipinski definition) is 0. The van der Waals surface area contributed by atoms with Gasteiger partial charge in [-0.05, 0) is 0 Å². The van der Waals surface area contributed by atoms with Crippen LogP contribution in [0.5, 0.6) is 0 Å². The number of hydrogen-bond acceptors (Lipinski definition) is 4. The van der Waals surface area contributed by atoms with Gasteiger partial charge in [0, 0.05) is 0 Å². The molecular formula is C28H34AsClF3NO3SSi. The fraction of sp³-hybridized carbons (Fsp3) is 0.357. The van der Waals surface area contributed by atoms with Gasteiger partial charge in [-0.15, -0.1) is 0 Å². The van der Waals surface area contributed by atoms with Crippen molar-refractivity contribution >= 4 is 48.2 Å². The monoisotopic (exact) mass is 659 g/mol. The Morgan fingerprint density at radius 3 is 1.49 bits per heavy atom. The second-order valence-corrected chi connectivity index (χ2v) is 21.9. The molecule has 0 saturated carbocycles. The SMILES string of the molecule is Cc1cc(C)c(-c2cccc(-c3c(C)cc(C)cc3C)c2N([As](C)Cl)[Si](C)(C)OS(=O)(=O)C(F)(F)F)c(C)c1. The molecule has 0 aliphatic carbocycles. The first-order valence-corrected chi connectivity index (χ1v) is 21.7. The molecule has 0 fully saturated rings. The van der Waals surface area contributed by atoms with Gasteiger partial charge < -0.3 is 0 Å². The molecule has 0 saturated heterocycles. The summed E-state index contributed by atoms with van der Waals surface area (Å²) in [6.45, 7) is 14.9. The van der Waals surface area contributed by atoms with Crippen molar-refractivity contribution in [3.05, 3.63) is 75.8 Å². The fourth-order valence-electron chi connectivity index (χ4n) is 5.47. The molecular weight excluding hydrogens is 626 g/mol. The Balaban J connectivity index is 2.50. The van der Waals surface area contributed by atoms with Crippen molar-refractivity contribution in [3.8, 4) is 22.3 Å². The molecule has 3 aromatic rings. The predicted molar refractivity (Wildman–Crippen MR) is 159 cm³/mol. The summed E-state index contributed by atoms with van der Waals surface area (Å²) in [4.78, 5) is 0. The van der Waals surface area contributed by atoms with E-state index < -0.39 is 38.0 Å². The van der Waals surface area contributed by atoms with E-state index >= 15 is 0 Å². The van der Waals surface area contributed by atoms with Crippen LogP contribution < -0.4 is 3.48 Å². The zero-order valence-corrected chi connectivity index (χ0v) is 28.0. The third-order valence-corrected chi connectivity index (χ3v) is 18.5. The number of benzene rings is 3. The average Bonchev–Trinajstić information content (AvgIpc) is 2.72. The Morgan fingerprint density at radius 2 is 1.18 bits per heavy atom. The number of rotatable bonds is 7. The summed E-state index contributed by atoms with van der Waals surface area (Å²) in [5.41, 5.74) is 6.39. The Morgan fingerprint density at radius 1 is 0.821 bits per heavy atom. The number of alkyl halides is 3. The first-order chi connectivity index (χ1) is 17.8. The van der Waals surface area contributed by atoms with Crippen LogP contribution >= 0.6 is 9.95 Å². The Hall–Kier alpha value is -1.77. The van der Waals surface area contributed by atoms with Crippen molar-refractivity contribution in [2.45, 2.75) is 65.9 Å². The third-order valence-electron chi connectivity index (χ3n) is 6.52.